The Balaban J connectivity index is 2.04. The molecule has 17 heavy (non-hydrogen) atoms. The first-order chi connectivity index (χ1) is 8.25. The van der Waals surface area contributed by atoms with E-state index in [9.17, 15) is 0 Å². The number of benzene rings is 1. The van der Waals surface area contributed by atoms with Gasteiger partial charge in [-0.2, -0.15) is 0 Å². The van der Waals surface area contributed by atoms with Gasteiger partial charge in [0.1, 0.15) is 0 Å². The Labute approximate surface area is 102 Å². The Morgan fingerprint density at radius 1 is 1.35 bits per heavy atom. The van der Waals surface area contributed by atoms with Gasteiger partial charge in [-0.15, -0.1) is 0 Å². The maximum Gasteiger partial charge on any atom is 0.151 e. The second-order valence-corrected chi connectivity index (χ2v) is 4.28. The third-order valence-corrected chi connectivity index (χ3v) is 2.71. The van der Waals surface area contributed by atoms with Gasteiger partial charge in [0.15, 0.2) is 5.84 Å². The van der Waals surface area contributed by atoms with Gasteiger partial charge in [0.2, 0.25) is 0 Å². The molecule has 0 aliphatic heterocycles. The van der Waals surface area contributed by atoms with Crippen molar-refractivity contribution in [2.45, 2.75) is 13.3 Å². The van der Waals surface area contributed by atoms with Crippen molar-refractivity contribution in [1.29, 1.82) is 5.41 Å². The first kappa shape index (κ1) is 11.5. The van der Waals surface area contributed by atoms with Crippen molar-refractivity contribution in [2.75, 3.05) is 0 Å². The summed E-state index contributed by atoms with van der Waals surface area (Å²) in [6.45, 7) is 2.18. The number of hydrogen-bond donors (Lipinski definition) is 1. The molecule has 1 aromatic rings. The number of rotatable bonds is 2. The third kappa shape index (κ3) is 3.25. The maximum absolute atomic E-state index is 7.86. The molecule has 1 atom stereocenters. The molecule has 1 N–H and O–H groups in total. The summed E-state index contributed by atoms with van der Waals surface area (Å²) >= 11 is 0. The lowest BCUT2D eigenvalue weighted by Crippen LogP contribution is -2.01. The Kier molecular flexibility index (Phi) is 3.66. The largest absolute Gasteiger partial charge is 0.282 e. The number of nitrogens with one attached hydrogen (secondary N) is 1. The molecule has 0 aromatic heterocycles. The van der Waals surface area contributed by atoms with Crippen molar-refractivity contribution in [2.24, 2.45) is 10.9 Å². The summed E-state index contributed by atoms with van der Waals surface area (Å²) < 4.78 is 0. The van der Waals surface area contributed by atoms with Crippen molar-refractivity contribution in [1.82, 2.24) is 0 Å². The molecule has 0 radical (unpaired) electrons. The lowest BCUT2D eigenvalue weighted by atomic mass is 9.97. The van der Waals surface area contributed by atoms with E-state index in [-0.39, 0.29) is 0 Å². The van der Waals surface area contributed by atoms with Crippen LogP contribution >= 0.6 is 0 Å². The average Bonchev–Trinajstić information content (AvgIpc) is 2.37. The van der Waals surface area contributed by atoms with Crippen molar-refractivity contribution >= 4 is 12.1 Å². The highest BCUT2D eigenvalue weighted by Crippen LogP contribution is 2.16. The monoisotopic (exact) mass is 224 g/mol. The highest BCUT2D eigenvalue weighted by Gasteiger charge is 2.04. The van der Waals surface area contributed by atoms with Crippen molar-refractivity contribution in [3.63, 3.8) is 0 Å². The summed E-state index contributed by atoms with van der Waals surface area (Å²) in [5.74, 6) is 0.876. The average molecular weight is 224 g/mol. The van der Waals surface area contributed by atoms with Crippen LogP contribution in [0.4, 0.5) is 0 Å². The molecule has 0 saturated carbocycles. The zero-order valence-electron chi connectivity index (χ0n) is 9.93. The molecule has 0 heterocycles. The minimum Gasteiger partial charge on any atom is -0.282 e. The van der Waals surface area contributed by atoms with E-state index in [2.05, 4.69) is 30.1 Å². The van der Waals surface area contributed by atoms with Gasteiger partial charge in [0.05, 0.1) is 0 Å². The van der Waals surface area contributed by atoms with Gasteiger partial charge in [-0.1, -0.05) is 55.5 Å². The smallest absolute Gasteiger partial charge is 0.151 e. The normalized spacial score (nSPS) is 19.4. The number of aliphatic imine (C=N–C) groups is 1. The van der Waals surface area contributed by atoms with Gasteiger partial charge < -0.3 is 0 Å². The van der Waals surface area contributed by atoms with E-state index < -0.39 is 0 Å². The van der Waals surface area contributed by atoms with Crippen LogP contribution in [0, 0.1) is 11.3 Å². The SMILES string of the molecule is CC1C=CC=C(/C=N/C(=N)c2ccccc2)C1. The fourth-order valence-corrected chi connectivity index (χ4v) is 1.79. The van der Waals surface area contributed by atoms with Crippen molar-refractivity contribution < 1.29 is 0 Å². The van der Waals surface area contributed by atoms with E-state index in [1.54, 1.807) is 6.21 Å². The zero-order valence-corrected chi connectivity index (χ0v) is 9.93. The molecule has 1 aromatic carbocycles. The lowest BCUT2D eigenvalue weighted by Gasteiger charge is -2.10. The topological polar surface area (TPSA) is 36.2 Å². The molecule has 1 aliphatic carbocycles. The minimum absolute atomic E-state index is 0.314. The fourth-order valence-electron chi connectivity index (χ4n) is 1.79. The molecule has 2 nitrogen and oxygen atoms in total. The highest BCUT2D eigenvalue weighted by atomic mass is 14.8. The van der Waals surface area contributed by atoms with Crippen LogP contribution in [0.15, 0.2) is 59.1 Å². The van der Waals surface area contributed by atoms with Crippen molar-refractivity contribution in [3.8, 4) is 0 Å². The molecule has 0 fully saturated rings. The Bertz CT molecular complexity index is 481. The highest BCUT2D eigenvalue weighted by molar-refractivity contribution is 6.03. The van der Waals surface area contributed by atoms with Crippen LogP contribution in [0.3, 0.4) is 0 Å². The summed E-state index contributed by atoms with van der Waals surface area (Å²) in [4.78, 5) is 4.21. The molecule has 0 spiro atoms. The quantitative estimate of drug-likeness (QED) is 0.588. The molecule has 2 heteroatoms. The van der Waals surface area contributed by atoms with E-state index in [0.29, 0.717) is 11.8 Å². The standard InChI is InChI=1S/C15H16N2/c1-12-6-5-7-13(10-12)11-17-15(16)14-8-3-2-4-9-14/h2-9,11-12,16H,10H2,1H3/b16-15?,17-11+. The fraction of sp³-hybridized carbons (Fsp3) is 0.200. The molecule has 2 rings (SSSR count). The van der Waals surface area contributed by atoms with Gasteiger partial charge in [0.25, 0.3) is 0 Å². The summed E-state index contributed by atoms with van der Waals surface area (Å²) in [7, 11) is 0. The van der Waals surface area contributed by atoms with Crippen LogP contribution in [-0.2, 0) is 0 Å². The molecule has 0 bridgehead atoms. The van der Waals surface area contributed by atoms with Crippen molar-refractivity contribution in [3.05, 3.63) is 59.7 Å². The van der Waals surface area contributed by atoms with Gasteiger partial charge in [0, 0.05) is 11.8 Å². The molecule has 86 valence electrons. The Morgan fingerprint density at radius 3 is 2.82 bits per heavy atom. The summed E-state index contributed by atoms with van der Waals surface area (Å²) in [6.07, 6.45) is 9.10. The maximum atomic E-state index is 7.86. The molecule has 1 unspecified atom stereocenters. The second kappa shape index (κ2) is 5.39. The summed E-state index contributed by atoms with van der Waals surface area (Å²) in [5, 5.41) is 7.86. The minimum atomic E-state index is 0.314. The zero-order chi connectivity index (χ0) is 12.1. The summed E-state index contributed by atoms with van der Waals surface area (Å²) in [5.41, 5.74) is 2.03. The van der Waals surface area contributed by atoms with Crippen LogP contribution in [0.25, 0.3) is 0 Å². The third-order valence-electron chi connectivity index (χ3n) is 2.71. The van der Waals surface area contributed by atoms with Crippen LogP contribution in [0.1, 0.15) is 18.9 Å². The second-order valence-electron chi connectivity index (χ2n) is 4.28. The molecular weight excluding hydrogens is 208 g/mol. The lowest BCUT2D eigenvalue weighted by molar-refractivity contribution is 0.725. The van der Waals surface area contributed by atoms with E-state index in [1.165, 1.54) is 5.57 Å². The predicted molar refractivity (Wildman–Crippen MR) is 72.8 cm³/mol. The summed E-state index contributed by atoms with van der Waals surface area (Å²) in [6, 6.07) is 9.58. The molecule has 1 aliphatic rings. The van der Waals surface area contributed by atoms with E-state index in [4.69, 9.17) is 5.41 Å². The first-order valence-corrected chi connectivity index (χ1v) is 5.81. The van der Waals surface area contributed by atoms with Crippen LogP contribution in [0.2, 0.25) is 0 Å². The van der Waals surface area contributed by atoms with E-state index in [0.717, 1.165) is 12.0 Å². The number of hydrogen-bond acceptors (Lipinski definition) is 1. The van der Waals surface area contributed by atoms with Gasteiger partial charge >= 0.3 is 0 Å². The molecular formula is C15H16N2. The number of amidine groups is 1. The van der Waals surface area contributed by atoms with Crippen LogP contribution < -0.4 is 0 Å². The number of nitrogens with zero attached hydrogens (tertiary/aromatic N) is 1. The predicted octanol–water partition coefficient (Wildman–Crippen LogP) is 3.61. The van der Waals surface area contributed by atoms with Crippen LogP contribution in [0.5, 0.6) is 0 Å². The Hall–Kier alpha value is -1.96. The molecule has 0 amide bonds. The van der Waals surface area contributed by atoms with Gasteiger partial charge in [-0.25, -0.2) is 4.99 Å². The Morgan fingerprint density at radius 2 is 2.12 bits per heavy atom. The van der Waals surface area contributed by atoms with Gasteiger partial charge in [-0.05, 0) is 17.9 Å². The van der Waals surface area contributed by atoms with E-state index >= 15 is 0 Å². The first-order valence-electron chi connectivity index (χ1n) is 5.81. The van der Waals surface area contributed by atoms with Gasteiger partial charge in [-0.3, -0.25) is 5.41 Å². The number of allylic oxidation sites excluding steroid dienone is 4. The van der Waals surface area contributed by atoms with Crippen LogP contribution in [-0.4, -0.2) is 12.1 Å². The molecule has 0 saturated heterocycles. The van der Waals surface area contributed by atoms with E-state index in [1.807, 2.05) is 30.3 Å².